The molecule has 0 saturated heterocycles. The van der Waals surface area contributed by atoms with Crippen molar-refractivity contribution < 1.29 is 4.79 Å². The number of carbonyl (C=O) groups excluding carboxylic acids is 1. The lowest BCUT2D eigenvalue weighted by Gasteiger charge is -2.06. The van der Waals surface area contributed by atoms with E-state index in [4.69, 9.17) is 46.4 Å². The van der Waals surface area contributed by atoms with Crippen LogP contribution in [0.2, 0.25) is 5.02 Å². The third-order valence-corrected chi connectivity index (χ3v) is 2.80. The van der Waals surface area contributed by atoms with Crippen molar-refractivity contribution in [2.75, 3.05) is 17.1 Å². The van der Waals surface area contributed by atoms with Crippen LogP contribution in [0.15, 0.2) is 29.8 Å². The average molecular weight is 359 g/mol. The smallest absolute Gasteiger partial charge is 0.239 e. The van der Waals surface area contributed by atoms with Gasteiger partial charge in [-0.3, -0.25) is 4.79 Å². The van der Waals surface area contributed by atoms with Gasteiger partial charge >= 0.3 is 0 Å². The number of halogens is 4. The largest absolute Gasteiger partial charge is 0.325 e. The van der Waals surface area contributed by atoms with Crippen molar-refractivity contribution in [1.82, 2.24) is 0 Å². The number of hydrogen-bond acceptors (Lipinski definition) is 1. The molecule has 6 heteroatoms. The van der Waals surface area contributed by atoms with Gasteiger partial charge in [0.05, 0.1) is 5.88 Å². The summed E-state index contributed by atoms with van der Waals surface area (Å²) in [4.78, 5) is 10.9. The van der Waals surface area contributed by atoms with E-state index in [1.54, 1.807) is 18.2 Å². The number of benzene rings is 1. The SMILES string of the molecule is C=C(Cl)CCl.CC.Cc1cc(Cl)ccc1NC(=O)CCl. The highest BCUT2D eigenvalue weighted by molar-refractivity contribution is 6.35. The molecule has 0 atom stereocenters. The average Bonchev–Trinajstić information content (AvgIpc) is 2.44. The van der Waals surface area contributed by atoms with Gasteiger partial charge in [-0.15, -0.1) is 23.2 Å². The molecule has 1 aromatic rings. The van der Waals surface area contributed by atoms with Gasteiger partial charge in [-0.2, -0.15) is 0 Å². The van der Waals surface area contributed by atoms with Crippen LogP contribution in [-0.4, -0.2) is 17.7 Å². The Morgan fingerprint density at radius 1 is 1.25 bits per heavy atom. The molecule has 0 aliphatic rings. The van der Waals surface area contributed by atoms with Crippen molar-refractivity contribution in [2.24, 2.45) is 0 Å². The molecule has 0 aromatic heterocycles. The molecule has 0 bridgehead atoms. The van der Waals surface area contributed by atoms with Crippen molar-refractivity contribution in [3.8, 4) is 0 Å². The summed E-state index contributed by atoms with van der Waals surface area (Å²) in [7, 11) is 0. The Kier molecular flexibility index (Phi) is 14.8. The predicted molar refractivity (Wildman–Crippen MR) is 92.6 cm³/mol. The van der Waals surface area contributed by atoms with Crippen molar-refractivity contribution in [3.05, 3.63) is 40.4 Å². The summed E-state index contributed by atoms with van der Waals surface area (Å²) >= 11 is 21.3. The lowest BCUT2D eigenvalue weighted by molar-refractivity contribution is -0.113. The highest BCUT2D eigenvalue weighted by Crippen LogP contribution is 2.19. The number of carbonyl (C=O) groups is 1. The Balaban J connectivity index is 0. The number of rotatable bonds is 3. The normalized spacial score (nSPS) is 8.55. The van der Waals surface area contributed by atoms with Crippen LogP contribution in [0.1, 0.15) is 19.4 Å². The number of aryl methyl sites for hydroxylation is 1. The van der Waals surface area contributed by atoms with Gasteiger partial charge in [0.15, 0.2) is 0 Å². The summed E-state index contributed by atoms with van der Waals surface area (Å²) in [6.07, 6.45) is 0. The minimum Gasteiger partial charge on any atom is -0.325 e. The van der Waals surface area contributed by atoms with Crippen molar-refractivity contribution in [1.29, 1.82) is 0 Å². The molecule has 0 radical (unpaired) electrons. The van der Waals surface area contributed by atoms with Gasteiger partial charge in [-0.25, -0.2) is 0 Å². The van der Waals surface area contributed by atoms with E-state index in [-0.39, 0.29) is 11.8 Å². The first kappa shape index (κ1) is 21.9. The molecular formula is C14H19Cl4NO. The van der Waals surface area contributed by atoms with Gasteiger partial charge in [0.25, 0.3) is 0 Å². The summed E-state index contributed by atoms with van der Waals surface area (Å²) in [5.41, 5.74) is 1.67. The second-order valence-corrected chi connectivity index (χ2v) is 4.80. The topological polar surface area (TPSA) is 29.1 Å². The number of alkyl halides is 2. The number of anilines is 1. The van der Waals surface area contributed by atoms with E-state index in [1.165, 1.54) is 0 Å². The molecule has 20 heavy (non-hydrogen) atoms. The van der Waals surface area contributed by atoms with Crippen LogP contribution in [0.5, 0.6) is 0 Å². The highest BCUT2D eigenvalue weighted by atomic mass is 35.5. The van der Waals surface area contributed by atoms with Gasteiger partial charge in [-0.1, -0.05) is 43.6 Å². The Morgan fingerprint density at radius 2 is 1.75 bits per heavy atom. The van der Waals surface area contributed by atoms with Crippen molar-refractivity contribution >= 4 is 58.0 Å². The summed E-state index contributed by atoms with van der Waals surface area (Å²) in [6, 6.07) is 5.26. The Hall–Kier alpha value is -0.410. The van der Waals surface area contributed by atoms with Crippen LogP contribution < -0.4 is 5.32 Å². The van der Waals surface area contributed by atoms with Crippen LogP contribution >= 0.6 is 46.4 Å². The molecule has 0 unspecified atom stereocenters. The van der Waals surface area contributed by atoms with E-state index in [0.717, 1.165) is 11.3 Å². The Morgan fingerprint density at radius 3 is 2.10 bits per heavy atom. The van der Waals surface area contributed by atoms with E-state index >= 15 is 0 Å². The maximum atomic E-state index is 10.9. The van der Waals surface area contributed by atoms with Crippen LogP contribution in [0.25, 0.3) is 0 Å². The third kappa shape index (κ3) is 11.4. The van der Waals surface area contributed by atoms with Gasteiger partial charge in [0, 0.05) is 15.7 Å². The lowest BCUT2D eigenvalue weighted by atomic mass is 10.2. The van der Waals surface area contributed by atoms with E-state index in [1.807, 2.05) is 20.8 Å². The van der Waals surface area contributed by atoms with Gasteiger partial charge in [0.2, 0.25) is 5.91 Å². The zero-order valence-corrected chi connectivity index (χ0v) is 14.8. The maximum Gasteiger partial charge on any atom is 0.239 e. The summed E-state index contributed by atoms with van der Waals surface area (Å²) < 4.78 is 0. The standard InChI is InChI=1S/C9H9Cl2NO.C3H4Cl2.C2H6/c1-6-4-7(11)2-3-8(6)12-9(13)5-10;1-3(5)2-4;1-2/h2-4H,5H2,1H3,(H,12,13);1-2H2;1-2H3. The summed E-state index contributed by atoms with van der Waals surface area (Å²) in [5.74, 6) is 0.0935. The van der Waals surface area contributed by atoms with Crippen LogP contribution in [-0.2, 0) is 4.79 Å². The zero-order valence-electron chi connectivity index (χ0n) is 11.8. The van der Waals surface area contributed by atoms with Crippen LogP contribution in [0, 0.1) is 6.92 Å². The fourth-order valence-electron chi connectivity index (χ4n) is 0.951. The van der Waals surface area contributed by atoms with Crippen molar-refractivity contribution in [3.63, 3.8) is 0 Å². The van der Waals surface area contributed by atoms with Gasteiger partial charge in [-0.05, 0) is 30.7 Å². The Bertz CT molecular complexity index is 422. The quantitative estimate of drug-likeness (QED) is 0.676. The van der Waals surface area contributed by atoms with E-state index < -0.39 is 0 Å². The highest BCUT2D eigenvalue weighted by Gasteiger charge is 2.02. The van der Waals surface area contributed by atoms with Crippen LogP contribution in [0.3, 0.4) is 0 Å². The molecule has 0 fully saturated rings. The zero-order chi connectivity index (χ0) is 16.1. The number of allylic oxidation sites excluding steroid dienone is 1. The first-order valence-electron chi connectivity index (χ1n) is 5.92. The molecule has 1 amide bonds. The number of nitrogens with one attached hydrogen (secondary N) is 1. The minimum absolute atomic E-state index is 0.0396. The van der Waals surface area contributed by atoms with Crippen LogP contribution in [0.4, 0.5) is 5.69 Å². The molecule has 2 nitrogen and oxygen atoms in total. The molecule has 0 spiro atoms. The fourth-order valence-corrected chi connectivity index (χ4v) is 1.24. The van der Waals surface area contributed by atoms with Gasteiger partial charge in [0.1, 0.15) is 5.88 Å². The third-order valence-electron chi connectivity index (χ3n) is 1.73. The van der Waals surface area contributed by atoms with E-state index in [0.29, 0.717) is 15.9 Å². The minimum atomic E-state index is -0.216. The molecule has 0 heterocycles. The monoisotopic (exact) mass is 357 g/mol. The molecule has 1 aromatic carbocycles. The lowest BCUT2D eigenvalue weighted by Crippen LogP contribution is -2.13. The second kappa shape index (κ2) is 13.6. The van der Waals surface area contributed by atoms with E-state index in [9.17, 15) is 4.79 Å². The summed E-state index contributed by atoms with van der Waals surface area (Å²) in [6.45, 7) is 9.18. The molecular weight excluding hydrogens is 340 g/mol. The number of amides is 1. The molecule has 0 aliphatic carbocycles. The molecule has 0 saturated carbocycles. The Labute approximate surface area is 141 Å². The first-order valence-corrected chi connectivity index (χ1v) is 7.74. The molecule has 1 N–H and O–H groups in total. The van der Waals surface area contributed by atoms with E-state index in [2.05, 4.69) is 11.9 Å². The first-order chi connectivity index (χ1) is 9.40. The fraction of sp³-hybridized carbons (Fsp3) is 0.357. The van der Waals surface area contributed by atoms with Crippen molar-refractivity contribution in [2.45, 2.75) is 20.8 Å². The molecule has 114 valence electrons. The molecule has 0 aliphatic heterocycles. The second-order valence-electron chi connectivity index (χ2n) is 3.29. The number of hydrogen-bond donors (Lipinski definition) is 1. The van der Waals surface area contributed by atoms with Gasteiger partial charge < -0.3 is 5.32 Å². The molecule has 1 rings (SSSR count). The summed E-state index contributed by atoms with van der Waals surface area (Å²) in [5, 5.41) is 3.80. The maximum absolute atomic E-state index is 10.9. The predicted octanol–water partition coefficient (Wildman–Crippen LogP) is 5.83.